The summed E-state index contributed by atoms with van der Waals surface area (Å²) in [7, 11) is 1.49. The first kappa shape index (κ1) is 25.7. The minimum Gasteiger partial charge on any atom is -0.496 e. The Labute approximate surface area is 220 Å². The van der Waals surface area contributed by atoms with E-state index in [1.807, 2.05) is 0 Å². The number of carbonyl (C=O) groups is 1. The van der Waals surface area contributed by atoms with E-state index >= 15 is 0 Å². The molecular formula is C29H20F4N4O2. The van der Waals surface area contributed by atoms with Gasteiger partial charge in [-0.05, 0) is 72.8 Å². The third-order valence-electron chi connectivity index (χ3n) is 5.98. The smallest absolute Gasteiger partial charge is 0.416 e. The zero-order valence-electron chi connectivity index (χ0n) is 20.4. The molecule has 0 saturated heterocycles. The lowest BCUT2D eigenvalue weighted by Gasteiger charge is -2.11. The van der Waals surface area contributed by atoms with Gasteiger partial charge in [-0.25, -0.2) is 14.1 Å². The Morgan fingerprint density at radius 2 is 1.62 bits per heavy atom. The van der Waals surface area contributed by atoms with Gasteiger partial charge in [0.1, 0.15) is 17.9 Å². The number of aromatic nitrogens is 3. The lowest BCUT2D eigenvalue weighted by Crippen LogP contribution is -2.12. The van der Waals surface area contributed by atoms with E-state index in [2.05, 4.69) is 15.4 Å². The number of methoxy groups -OCH3 is 1. The van der Waals surface area contributed by atoms with E-state index in [9.17, 15) is 22.4 Å². The largest absolute Gasteiger partial charge is 0.496 e. The Bertz CT molecular complexity index is 1630. The second-order valence-corrected chi connectivity index (χ2v) is 8.48. The Hall–Kier alpha value is -4.99. The fourth-order valence-electron chi connectivity index (χ4n) is 3.97. The van der Waals surface area contributed by atoms with Crippen LogP contribution in [0, 0.1) is 5.82 Å². The number of benzene rings is 4. The topological polar surface area (TPSA) is 69.0 Å². The molecule has 1 heterocycles. The van der Waals surface area contributed by atoms with Gasteiger partial charge in [0.25, 0.3) is 5.91 Å². The third-order valence-corrected chi connectivity index (χ3v) is 5.98. The van der Waals surface area contributed by atoms with Crippen molar-refractivity contribution in [1.29, 1.82) is 0 Å². The summed E-state index contributed by atoms with van der Waals surface area (Å²) in [6.07, 6.45) is -3.01. The Kier molecular flexibility index (Phi) is 6.84. The number of hydrogen-bond acceptors (Lipinski definition) is 4. The first-order chi connectivity index (χ1) is 18.7. The van der Waals surface area contributed by atoms with E-state index in [0.29, 0.717) is 34.1 Å². The summed E-state index contributed by atoms with van der Waals surface area (Å²) in [5.41, 5.74) is 1.84. The normalized spacial score (nSPS) is 11.3. The standard InChI is InChI=1S/C29H20F4N4O2/c1-39-26-5-3-2-4-23(26)24-16-19(8-15-25(24)30)28(38)35-21-11-6-18(7-12-21)27-34-17-37(36-27)22-13-9-20(10-14-22)29(31,32)33/h2-17H,1H3,(H,35,38). The summed E-state index contributed by atoms with van der Waals surface area (Å²) >= 11 is 0. The molecule has 0 aliphatic heterocycles. The fourth-order valence-corrected chi connectivity index (χ4v) is 3.97. The van der Waals surface area contributed by atoms with Crippen molar-refractivity contribution in [3.8, 4) is 34.0 Å². The van der Waals surface area contributed by atoms with E-state index in [-0.39, 0.29) is 11.1 Å². The van der Waals surface area contributed by atoms with Gasteiger partial charge < -0.3 is 10.1 Å². The monoisotopic (exact) mass is 532 g/mol. The maximum Gasteiger partial charge on any atom is 0.416 e. The maximum atomic E-state index is 14.6. The first-order valence-electron chi connectivity index (χ1n) is 11.7. The van der Waals surface area contributed by atoms with E-state index in [0.717, 1.165) is 12.1 Å². The first-order valence-corrected chi connectivity index (χ1v) is 11.7. The predicted octanol–water partition coefficient (Wildman–Crippen LogP) is 7.02. The van der Waals surface area contributed by atoms with E-state index < -0.39 is 23.5 Å². The van der Waals surface area contributed by atoms with Gasteiger partial charge in [0.05, 0.1) is 18.4 Å². The molecule has 1 amide bonds. The molecule has 0 radical (unpaired) electrons. The average molecular weight is 532 g/mol. The van der Waals surface area contributed by atoms with Crippen LogP contribution >= 0.6 is 0 Å². The number of amides is 1. The van der Waals surface area contributed by atoms with Gasteiger partial charge in [-0.3, -0.25) is 4.79 Å². The van der Waals surface area contributed by atoms with E-state index in [1.165, 1.54) is 48.5 Å². The van der Waals surface area contributed by atoms with Gasteiger partial charge in [-0.2, -0.15) is 13.2 Å². The SMILES string of the molecule is COc1ccccc1-c1cc(C(=O)Nc2ccc(-c3ncn(-c4ccc(C(F)(F)F)cc4)n3)cc2)ccc1F. The summed E-state index contributed by atoms with van der Waals surface area (Å²) < 4.78 is 59.7. The van der Waals surface area contributed by atoms with Crippen LogP contribution in [0.25, 0.3) is 28.2 Å². The number of alkyl halides is 3. The third kappa shape index (κ3) is 5.49. The van der Waals surface area contributed by atoms with Crippen LogP contribution in [-0.4, -0.2) is 27.8 Å². The number of nitrogens with one attached hydrogen (secondary N) is 1. The predicted molar refractivity (Wildman–Crippen MR) is 138 cm³/mol. The van der Waals surface area contributed by atoms with Crippen LogP contribution in [0.15, 0.2) is 97.3 Å². The van der Waals surface area contributed by atoms with Crippen LogP contribution in [-0.2, 0) is 6.18 Å². The molecular weight excluding hydrogens is 512 g/mol. The minimum absolute atomic E-state index is 0.241. The highest BCUT2D eigenvalue weighted by Gasteiger charge is 2.30. The van der Waals surface area contributed by atoms with E-state index in [1.54, 1.807) is 48.5 Å². The number of nitrogens with zero attached hydrogens (tertiary/aromatic N) is 3. The number of anilines is 1. The number of carbonyl (C=O) groups excluding carboxylic acids is 1. The van der Waals surface area contributed by atoms with Crippen molar-refractivity contribution in [2.45, 2.75) is 6.18 Å². The summed E-state index contributed by atoms with van der Waals surface area (Å²) in [5.74, 6) is -0.0704. The highest BCUT2D eigenvalue weighted by atomic mass is 19.4. The second-order valence-electron chi connectivity index (χ2n) is 8.48. The molecule has 1 aromatic heterocycles. The van der Waals surface area contributed by atoms with Crippen LogP contribution in [0.5, 0.6) is 5.75 Å². The Balaban J connectivity index is 1.30. The number of halogens is 4. The Morgan fingerprint density at radius 3 is 2.31 bits per heavy atom. The van der Waals surface area contributed by atoms with Crippen molar-refractivity contribution in [2.24, 2.45) is 0 Å². The van der Waals surface area contributed by atoms with Crippen LogP contribution in [0.1, 0.15) is 15.9 Å². The van der Waals surface area contributed by atoms with Crippen molar-refractivity contribution >= 4 is 11.6 Å². The molecule has 5 aromatic rings. The summed E-state index contributed by atoms with van der Waals surface area (Å²) in [6, 6.07) is 22.4. The minimum atomic E-state index is -4.42. The lowest BCUT2D eigenvalue weighted by molar-refractivity contribution is -0.137. The van der Waals surface area contributed by atoms with Crippen molar-refractivity contribution in [3.63, 3.8) is 0 Å². The molecule has 0 fully saturated rings. The zero-order valence-corrected chi connectivity index (χ0v) is 20.4. The molecule has 0 spiro atoms. The molecule has 0 atom stereocenters. The molecule has 0 aliphatic carbocycles. The molecule has 10 heteroatoms. The molecule has 0 saturated carbocycles. The summed E-state index contributed by atoms with van der Waals surface area (Å²) in [5, 5.41) is 7.11. The molecule has 0 aliphatic rings. The molecule has 6 nitrogen and oxygen atoms in total. The number of rotatable bonds is 6. The summed E-state index contributed by atoms with van der Waals surface area (Å²) in [6.45, 7) is 0. The Morgan fingerprint density at radius 1 is 0.897 bits per heavy atom. The van der Waals surface area contributed by atoms with Crippen molar-refractivity contribution in [3.05, 3.63) is 114 Å². The van der Waals surface area contributed by atoms with Crippen LogP contribution in [0.3, 0.4) is 0 Å². The van der Waals surface area contributed by atoms with Gasteiger partial charge in [0.15, 0.2) is 5.82 Å². The zero-order chi connectivity index (χ0) is 27.6. The average Bonchev–Trinajstić information content (AvgIpc) is 3.44. The molecule has 1 N–H and O–H groups in total. The maximum absolute atomic E-state index is 14.6. The number of ether oxygens (including phenoxy) is 1. The summed E-state index contributed by atoms with van der Waals surface area (Å²) in [4.78, 5) is 17.1. The molecule has 4 aromatic carbocycles. The van der Waals surface area contributed by atoms with Gasteiger partial charge >= 0.3 is 6.18 Å². The number of para-hydroxylation sites is 1. The molecule has 196 valence electrons. The number of hydrogen-bond donors (Lipinski definition) is 1. The van der Waals surface area contributed by atoms with Crippen molar-refractivity contribution in [2.75, 3.05) is 12.4 Å². The molecule has 5 rings (SSSR count). The molecule has 39 heavy (non-hydrogen) atoms. The quantitative estimate of drug-likeness (QED) is 0.239. The van der Waals surface area contributed by atoms with Gasteiger partial charge in [-0.15, -0.1) is 5.10 Å². The van der Waals surface area contributed by atoms with Crippen LogP contribution < -0.4 is 10.1 Å². The van der Waals surface area contributed by atoms with Crippen molar-refractivity contribution in [1.82, 2.24) is 14.8 Å². The molecule has 0 unspecified atom stereocenters. The highest BCUT2D eigenvalue weighted by Crippen LogP contribution is 2.33. The highest BCUT2D eigenvalue weighted by molar-refractivity contribution is 6.05. The van der Waals surface area contributed by atoms with Gasteiger partial charge in [0.2, 0.25) is 0 Å². The lowest BCUT2D eigenvalue weighted by atomic mass is 10.0. The van der Waals surface area contributed by atoms with Crippen LogP contribution in [0.2, 0.25) is 0 Å². The van der Waals surface area contributed by atoms with Crippen molar-refractivity contribution < 1.29 is 27.1 Å². The second kappa shape index (κ2) is 10.4. The van der Waals surface area contributed by atoms with Gasteiger partial charge in [-0.1, -0.05) is 18.2 Å². The fraction of sp³-hybridized carbons (Fsp3) is 0.0690. The van der Waals surface area contributed by atoms with E-state index in [4.69, 9.17) is 4.74 Å². The van der Waals surface area contributed by atoms with Crippen LogP contribution in [0.4, 0.5) is 23.2 Å². The molecule has 0 bridgehead atoms. The van der Waals surface area contributed by atoms with Gasteiger partial charge in [0, 0.05) is 27.9 Å².